The summed E-state index contributed by atoms with van der Waals surface area (Å²) < 4.78 is 0. The summed E-state index contributed by atoms with van der Waals surface area (Å²) in [6.45, 7) is 3.40. The first-order valence-electron chi connectivity index (χ1n) is 2.55. The Morgan fingerprint density at radius 1 is 1.78 bits per heavy atom. The van der Waals surface area contributed by atoms with Crippen molar-refractivity contribution >= 4 is 15.9 Å². The SMILES string of the molecule is CC1(C)C(Br)[N+](=O)N1[O-]. The number of nitrogens with zero attached hydrogens (tertiary/aromatic N) is 2. The van der Waals surface area contributed by atoms with Crippen molar-refractivity contribution in [3.8, 4) is 0 Å². The molecule has 1 unspecified atom stereocenters. The van der Waals surface area contributed by atoms with Crippen LogP contribution in [0.4, 0.5) is 0 Å². The van der Waals surface area contributed by atoms with Gasteiger partial charge in [-0.3, -0.25) is 0 Å². The number of hydrogen-bond donors (Lipinski definition) is 0. The van der Waals surface area contributed by atoms with Crippen LogP contribution in [0, 0.1) is 10.1 Å². The van der Waals surface area contributed by atoms with E-state index in [1.165, 1.54) is 0 Å². The largest absolute Gasteiger partial charge is 0.704 e. The maximum absolute atomic E-state index is 10.6. The van der Waals surface area contributed by atoms with Crippen LogP contribution in [0.3, 0.4) is 0 Å². The van der Waals surface area contributed by atoms with Crippen LogP contribution in [0.25, 0.3) is 0 Å². The second-order valence-corrected chi connectivity index (χ2v) is 3.43. The van der Waals surface area contributed by atoms with Gasteiger partial charge >= 0.3 is 4.95 Å². The van der Waals surface area contributed by atoms with Gasteiger partial charge in [-0.25, -0.2) is 0 Å². The van der Waals surface area contributed by atoms with Crippen LogP contribution < -0.4 is 0 Å². The maximum Gasteiger partial charge on any atom is 0.313 e. The molecule has 5 heteroatoms. The van der Waals surface area contributed by atoms with Crippen molar-refractivity contribution < 1.29 is 4.87 Å². The molecule has 0 N–H and O–H groups in total. The number of nitroso groups, excluding NO2 is 1. The molecule has 1 saturated heterocycles. The molecule has 0 bridgehead atoms. The van der Waals surface area contributed by atoms with Crippen molar-refractivity contribution in [3.05, 3.63) is 10.1 Å². The molecule has 0 spiro atoms. The lowest BCUT2D eigenvalue weighted by Crippen LogP contribution is -2.67. The number of hydroxylamine groups is 1. The van der Waals surface area contributed by atoms with E-state index in [-0.39, 0.29) is 4.95 Å². The van der Waals surface area contributed by atoms with Gasteiger partial charge in [0.05, 0.1) is 4.91 Å². The van der Waals surface area contributed by atoms with Gasteiger partial charge in [-0.15, -0.1) is 0 Å². The molecule has 0 aromatic heterocycles. The Balaban J connectivity index is 2.73. The van der Waals surface area contributed by atoms with Crippen LogP contribution in [-0.2, 0) is 0 Å². The van der Waals surface area contributed by atoms with Gasteiger partial charge in [-0.2, -0.15) is 5.17 Å². The predicted octanol–water partition coefficient (Wildman–Crippen LogP) is 0.993. The summed E-state index contributed by atoms with van der Waals surface area (Å²) in [5.41, 5.74) is -0.582. The molecular formula is C4H7BrN2O2. The van der Waals surface area contributed by atoms with Crippen molar-refractivity contribution in [1.29, 1.82) is 0 Å². The highest BCUT2D eigenvalue weighted by Crippen LogP contribution is 2.34. The summed E-state index contributed by atoms with van der Waals surface area (Å²) in [5, 5.41) is 11.0. The summed E-state index contributed by atoms with van der Waals surface area (Å²) in [7, 11) is 0. The van der Waals surface area contributed by atoms with Crippen molar-refractivity contribution in [2.75, 3.05) is 0 Å². The summed E-state index contributed by atoms with van der Waals surface area (Å²) >= 11 is 3.06. The number of halogens is 1. The van der Waals surface area contributed by atoms with E-state index >= 15 is 0 Å². The quantitative estimate of drug-likeness (QED) is 0.329. The normalized spacial score (nSPS) is 32.2. The molecule has 1 fully saturated rings. The van der Waals surface area contributed by atoms with Crippen molar-refractivity contribution in [1.82, 2.24) is 5.17 Å². The molecule has 1 atom stereocenters. The number of alkyl halides is 1. The van der Waals surface area contributed by atoms with Crippen molar-refractivity contribution in [3.63, 3.8) is 0 Å². The lowest BCUT2D eigenvalue weighted by Gasteiger charge is -2.44. The maximum atomic E-state index is 10.6. The average molecular weight is 195 g/mol. The minimum atomic E-state index is -0.582. The van der Waals surface area contributed by atoms with Gasteiger partial charge in [0.25, 0.3) is 0 Å². The minimum absolute atomic E-state index is 0.361. The molecule has 0 aromatic carbocycles. The molecule has 0 aliphatic carbocycles. The van der Waals surface area contributed by atoms with E-state index in [1.807, 2.05) is 0 Å². The molecule has 1 rings (SSSR count). The van der Waals surface area contributed by atoms with E-state index in [2.05, 4.69) is 15.9 Å². The Hall–Kier alpha value is -0.160. The second kappa shape index (κ2) is 1.67. The van der Waals surface area contributed by atoms with E-state index < -0.39 is 5.54 Å². The molecule has 1 aliphatic heterocycles. The third kappa shape index (κ3) is 0.679. The fourth-order valence-corrected chi connectivity index (χ4v) is 0.993. The Morgan fingerprint density at radius 2 is 2.22 bits per heavy atom. The fourth-order valence-electron chi connectivity index (χ4n) is 0.651. The van der Waals surface area contributed by atoms with Crippen LogP contribution in [0.2, 0.25) is 0 Å². The van der Waals surface area contributed by atoms with Gasteiger partial charge in [-0.05, 0) is 13.8 Å². The Labute approximate surface area is 61.1 Å². The lowest BCUT2D eigenvalue weighted by atomic mass is 10.0. The average Bonchev–Trinajstić information content (AvgIpc) is 1.84. The molecular weight excluding hydrogens is 188 g/mol. The zero-order chi connectivity index (χ0) is 7.23. The van der Waals surface area contributed by atoms with Gasteiger partial charge in [0.15, 0.2) is 5.54 Å². The summed E-state index contributed by atoms with van der Waals surface area (Å²) in [4.78, 5) is 10.4. The third-order valence-corrected chi connectivity index (χ3v) is 2.92. The molecule has 0 radical (unpaired) electrons. The van der Waals surface area contributed by atoms with E-state index in [0.29, 0.717) is 10.0 Å². The standard InChI is InChI=1S/C4H7BrN2O2/c1-4(2)3(5)6(8)7(4)9/h3H,1-2H3. The summed E-state index contributed by atoms with van der Waals surface area (Å²) in [6.07, 6.45) is 0. The van der Waals surface area contributed by atoms with Gasteiger partial charge in [0.2, 0.25) is 0 Å². The molecule has 0 amide bonds. The fraction of sp³-hybridized carbons (Fsp3) is 1.00. The zero-order valence-corrected chi connectivity index (χ0v) is 6.75. The van der Waals surface area contributed by atoms with E-state index in [9.17, 15) is 10.1 Å². The molecule has 4 nitrogen and oxygen atoms in total. The number of hydrogen-bond acceptors (Lipinski definition) is 2. The highest BCUT2D eigenvalue weighted by atomic mass is 79.9. The predicted molar refractivity (Wildman–Crippen MR) is 35.6 cm³/mol. The molecule has 1 aliphatic rings. The molecule has 9 heavy (non-hydrogen) atoms. The first-order chi connectivity index (χ1) is 3.98. The number of hydrazine groups is 1. The highest BCUT2D eigenvalue weighted by Gasteiger charge is 2.57. The topological polar surface area (TPSA) is 46.4 Å². The van der Waals surface area contributed by atoms with Gasteiger partial charge < -0.3 is 5.21 Å². The van der Waals surface area contributed by atoms with Crippen LogP contribution >= 0.6 is 15.9 Å². The first-order valence-corrected chi connectivity index (χ1v) is 3.47. The van der Waals surface area contributed by atoms with Crippen molar-refractivity contribution in [2.24, 2.45) is 0 Å². The van der Waals surface area contributed by atoms with E-state index in [4.69, 9.17) is 0 Å². The highest BCUT2D eigenvalue weighted by molar-refractivity contribution is 9.09. The van der Waals surface area contributed by atoms with Crippen molar-refractivity contribution in [2.45, 2.75) is 24.3 Å². The Morgan fingerprint density at radius 3 is 2.33 bits per heavy atom. The van der Waals surface area contributed by atoms with Crippen LogP contribution in [0.15, 0.2) is 0 Å². The van der Waals surface area contributed by atoms with Crippen LogP contribution in [0.5, 0.6) is 0 Å². The lowest BCUT2D eigenvalue weighted by molar-refractivity contribution is -0.796. The van der Waals surface area contributed by atoms with Gasteiger partial charge in [0.1, 0.15) is 4.87 Å². The van der Waals surface area contributed by atoms with Crippen LogP contribution in [-0.4, -0.2) is 20.5 Å². The van der Waals surface area contributed by atoms with E-state index in [0.717, 1.165) is 0 Å². The second-order valence-electron chi connectivity index (χ2n) is 2.56. The van der Waals surface area contributed by atoms with E-state index in [1.54, 1.807) is 13.8 Å². The molecule has 52 valence electrons. The number of rotatable bonds is 0. The monoisotopic (exact) mass is 194 g/mol. The minimum Gasteiger partial charge on any atom is -0.704 e. The molecule has 0 aromatic rings. The third-order valence-electron chi connectivity index (χ3n) is 1.45. The Bertz CT molecular complexity index is 145. The van der Waals surface area contributed by atoms with Crippen LogP contribution in [0.1, 0.15) is 13.8 Å². The molecule has 0 saturated carbocycles. The summed E-state index contributed by atoms with van der Waals surface area (Å²) in [5.74, 6) is 0. The first kappa shape index (κ1) is 6.95. The van der Waals surface area contributed by atoms with Gasteiger partial charge in [-0.1, -0.05) is 0 Å². The van der Waals surface area contributed by atoms with Gasteiger partial charge in [0, 0.05) is 15.9 Å². The Kier molecular flexibility index (Phi) is 1.29. The smallest absolute Gasteiger partial charge is 0.313 e. The summed E-state index contributed by atoms with van der Waals surface area (Å²) in [6, 6.07) is 0. The molecule has 1 heterocycles. The zero-order valence-electron chi connectivity index (χ0n) is 5.17.